The molecule has 1 saturated heterocycles. The first kappa shape index (κ1) is 19.8. The Morgan fingerprint density at radius 2 is 1.82 bits per heavy atom. The molecule has 1 aromatic carbocycles. The standard InChI is InChI=1S/C26H24N6O/c1-31-23-15-29-22-10-9-21(19-7-8-20(28-14-19)18-5-3-2-4-6-18)30-24(22)25(23)32(26(31)33)16-17-11-12-27-13-17/h2-10,14-15,17,27H,11-13,16H2,1H3. The largest absolute Gasteiger partial charge is 0.328 e. The summed E-state index contributed by atoms with van der Waals surface area (Å²) in [7, 11) is 1.80. The molecule has 1 aliphatic heterocycles. The first-order valence-corrected chi connectivity index (χ1v) is 11.3. The number of fused-ring (bicyclic) bond motifs is 3. The third kappa shape index (κ3) is 3.41. The van der Waals surface area contributed by atoms with Gasteiger partial charge in [0, 0.05) is 30.9 Å². The Bertz CT molecular complexity index is 1510. The van der Waals surface area contributed by atoms with Gasteiger partial charge in [0.2, 0.25) is 0 Å². The van der Waals surface area contributed by atoms with Crippen LogP contribution in [0.2, 0.25) is 0 Å². The van der Waals surface area contributed by atoms with Crippen LogP contribution in [0.4, 0.5) is 0 Å². The number of pyridine rings is 3. The molecule has 4 aromatic heterocycles. The minimum atomic E-state index is -0.0210. The van der Waals surface area contributed by atoms with Crippen molar-refractivity contribution in [3.8, 4) is 22.5 Å². The van der Waals surface area contributed by atoms with Gasteiger partial charge in [-0.2, -0.15) is 0 Å². The van der Waals surface area contributed by atoms with Crippen LogP contribution in [0.5, 0.6) is 0 Å². The lowest BCUT2D eigenvalue weighted by Gasteiger charge is -2.11. The number of hydrogen-bond acceptors (Lipinski definition) is 5. The first-order chi connectivity index (χ1) is 16.2. The molecule has 5 aromatic rings. The van der Waals surface area contributed by atoms with E-state index in [1.807, 2.05) is 65.4 Å². The summed E-state index contributed by atoms with van der Waals surface area (Å²) in [6, 6.07) is 18.1. The molecule has 0 aliphatic carbocycles. The maximum absolute atomic E-state index is 13.1. The Labute approximate surface area is 190 Å². The summed E-state index contributed by atoms with van der Waals surface area (Å²) < 4.78 is 3.55. The van der Waals surface area contributed by atoms with Crippen LogP contribution in [-0.2, 0) is 13.6 Å². The predicted molar refractivity (Wildman–Crippen MR) is 130 cm³/mol. The molecular weight excluding hydrogens is 412 g/mol. The predicted octanol–water partition coefficient (Wildman–Crippen LogP) is 3.62. The lowest BCUT2D eigenvalue weighted by molar-refractivity contribution is 0.477. The van der Waals surface area contributed by atoms with Crippen LogP contribution >= 0.6 is 0 Å². The van der Waals surface area contributed by atoms with Crippen molar-refractivity contribution in [2.45, 2.75) is 13.0 Å². The average Bonchev–Trinajstić information content (AvgIpc) is 3.47. The minimum Gasteiger partial charge on any atom is -0.316 e. The van der Waals surface area contributed by atoms with Crippen molar-refractivity contribution < 1.29 is 0 Å². The second kappa shape index (κ2) is 7.94. The monoisotopic (exact) mass is 436 g/mol. The third-order valence-corrected chi connectivity index (χ3v) is 6.55. The summed E-state index contributed by atoms with van der Waals surface area (Å²) >= 11 is 0. The fourth-order valence-corrected chi connectivity index (χ4v) is 4.72. The fraction of sp³-hybridized carbons (Fsp3) is 0.231. The van der Waals surface area contributed by atoms with Crippen LogP contribution in [0.15, 0.2) is 71.8 Å². The summed E-state index contributed by atoms with van der Waals surface area (Å²) in [5.74, 6) is 0.439. The molecule has 164 valence electrons. The number of rotatable bonds is 4. The molecule has 0 spiro atoms. The maximum atomic E-state index is 13.1. The highest BCUT2D eigenvalue weighted by Gasteiger charge is 2.21. The second-order valence-electron chi connectivity index (χ2n) is 8.67. The molecular formula is C26H24N6O. The highest BCUT2D eigenvalue weighted by molar-refractivity contribution is 6.00. The molecule has 1 unspecified atom stereocenters. The van der Waals surface area contributed by atoms with Crippen molar-refractivity contribution in [3.63, 3.8) is 0 Å². The summed E-state index contributed by atoms with van der Waals surface area (Å²) in [4.78, 5) is 27.3. The minimum absolute atomic E-state index is 0.0210. The van der Waals surface area contributed by atoms with Gasteiger partial charge in [-0.1, -0.05) is 30.3 Å². The molecule has 1 N–H and O–H groups in total. The number of benzene rings is 1. The van der Waals surface area contributed by atoms with E-state index in [4.69, 9.17) is 4.98 Å². The van der Waals surface area contributed by atoms with Crippen molar-refractivity contribution >= 4 is 22.1 Å². The number of hydrogen-bond donors (Lipinski definition) is 1. The Hall–Kier alpha value is -3.84. The molecule has 1 atom stereocenters. The van der Waals surface area contributed by atoms with E-state index < -0.39 is 0 Å². The van der Waals surface area contributed by atoms with Gasteiger partial charge < -0.3 is 5.32 Å². The van der Waals surface area contributed by atoms with Crippen LogP contribution in [0.25, 0.3) is 44.6 Å². The molecule has 0 amide bonds. The number of aromatic nitrogens is 5. The van der Waals surface area contributed by atoms with Crippen LogP contribution in [0.3, 0.4) is 0 Å². The Kier molecular flexibility index (Phi) is 4.77. The molecule has 5 heterocycles. The highest BCUT2D eigenvalue weighted by Crippen LogP contribution is 2.27. The lowest BCUT2D eigenvalue weighted by Crippen LogP contribution is -2.26. The summed E-state index contributed by atoms with van der Waals surface area (Å²) in [5.41, 5.74) is 6.92. The maximum Gasteiger partial charge on any atom is 0.328 e. The van der Waals surface area contributed by atoms with Crippen molar-refractivity contribution in [1.82, 2.24) is 29.4 Å². The van der Waals surface area contributed by atoms with Gasteiger partial charge in [-0.25, -0.2) is 9.78 Å². The Balaban J connectivity index is 1.47. The Morgan fingerprint density at radius 1 is 0.970 bits per heavy atom. The van der Waals surface area contributed by atoms with Gasteiger partial charge in [0.05, 0.1) is 34.1 Å². The average molecular weight is 437 g/mol. The molecule has 0 radical (unpaired) electrons. The zero-order valence-corrected chi connectivity index (χ0v) is 18.4. The quantitative estimate of drug-likeness (QED) is 0.466. The Morgan fingerprint density at radius 3 is 2.58 bits per heavy atom. The van der Waals surface area contributed by atoms with E-state index in [1.54, 1.807) is 17.8 Å². The molecule has 0 saturated carbocycles. The smallest absolute Gasteiger partial charge is 0.316 e. The number of nitrogens with zero attached hydrogens (tertiary/aromatic N) is 5. The third-order valence-electron chi connectivity index (χ3n) is 6.55. The number of imidazole rings is 1. The molecule has 0 bridgehead atoms. The SMILES string of the molecule is Cn1c(=O)n(CC2CCNC2)c2c3nc(-c4ccc(-c5ccccc5)nc4)ccc3ncc21. The zero-order chi connectivity index (χ0) is 22.4. The van der Waals surface area contributed by atoms with Crippen molar-refractivity contribution in [2.24, 2.45) is 13.0 Å². The summed E-state index contributed by atoms with van der Waals surface area (Å²) in [6.07, 6.45) is 4.70. The van der Waals surface area contributed by atoms with Gasteiger partial charge in [0.15, 0.2) is 0 Å². The fourth-order valence-electron chi connectivity index (χ4n) is 4.72. The van der Waals surface area contributed by atoms with E-state index in [9.17, 15) is 4.79 Å². The van der Waals surface area contributed by atoms with Gasteiger partial charge >= 0.3 is 5.69 Å². The lowest BCUT2D eigenvalue weighted by atomic mass is 10.1. The normalized spacial score (nSPS) is 16.1. The second-order valence-corrected chi connectivity index (χ2v) is 8.67. The molecule has 6 rings (SSSR count). The van der Waals surface area contributed by atoms with Crippen LogP contribution in [0, 0.1) is 5.92 Å². The number of nitrogens with one attached hydrogen (secondary N) is 1. The molecule has 33 heavy (non-hydrogen) atoms. The first-order valence-electron chi connectivity index (χ1n) is 11.3. The number of aryl methyl sites for hydroxylation is 1. The molecule has 7 nitrogen and oxygen atoms in total. The van der Waals surface area contributed by atoms with E-state index in [0.717, 1.165) is 64.1 Å². The van der Waals surface area contributed by atoms with Gasteiger partial charge in [-0.3, -0.25) is 19.1 Å². The van der Waals surface area contributed by atoms with E-state index in [0.29, 0.717) is 12.5 Å². The van der Waals surface area contributed by atoms with Crippen molar-refractivity contribution in [2.75, 3.05) is 13.1 Å². The topological polar surface area (TPSA) is 77.6 Å². The molecule has 7 heteroatoms. The summed E-state index contributed by atoms with van der Waals surface area (Å²) in [5, 5.41) is 3.39. The van der Waals surface area contributed by atoms with Crippen molar-refractivity contribution in [3.05, 3.63) is 77.5 Å². The van der Waals surface area contributed by atoms with Gasteiger partial charge in [-0.15, -0.1) is 0 Å². The van der Waals surface area contributed by atoms with Gasteiger partial charge in [-0.05, 0) is 49.7 Å². The van der Waals surface area contributed by atoms with Gasteiger partial charge in [0.1, 0.15) is 5.52 Å². The van der Waals surface area contributed by atoms with Crippen LogP contribution in [0.1, 0.15) is 6.42 Å². The van der Waals surface area contributed by atoms with Crippen molar-refractivity contribution in [1.29, 1.82) is 0 Å². The van der Waals surface area contributed by atoms with Crippen LogP contribution in [-0.4, -0.2) is 37.2 Å². The highest BCUT2D eigenvalue weighted by atomic mass is 16.1. The molecule has 1 fully saturated rings. The van der Waals surface area contributed by atoms with Crippen LogP contribution < -0.4 is 11.0 Å². The van der Waals surface area contributed by atoms with E-state index in [-0.39, 0.29) is 5.69 Å². The van der Waals surface area contributed by atoms with Gasteiger partial charge in [0.25, 0.3) is 0 Å². The van der Waals surface area contributed by atoms with E-state index in [2.05, 4.69) is 15.3 Å². The zero-order valence-electron chi connectivity index (χ0n) is 18.4. The van der Waals surface area contributed by atoms with E-state index >= 15 is 0 Å². The molecule has 1 aliphatic rings. The van der Waals surface area contributed by atoms with E-state index in [1.165, 1.54) is 0 Å². The summed E-state index contributed by atoms with van der Waals surface area (Å²) in [6.45, 7) is 2.62.